The van der Waals surface area contributed by atoms with Gasteiger partial charge < -0.3 is 10.6 Å². The number of aliphatic imine (C=N–C) groups is 1. The Kier molecular flexibility index (Phi) is 3.72. The zero-order valence-corrected chi connectivity index (χ0v) is 10.7. The van der Waals surface area contributed by atoms with Gasteiger partial charge in [0, 0.05) is 12.6 Å². The predicted octanol–water partition coefficient (Wildman–Crippen LogP) is 2.36. The Morgan fingerprint density at radius 1 is 1.25 bits per heavy atom. The van der Waals surface area contributed by atoms with Gasteiger partial charge in [0.15, 0.2) is 5.96 Å². The summed E-state index contributed by atoms with van der Waals surface area (Å²) >= 11 is 0. The first-order valence-corrected chi connectivity index (χ1v) is 6.76. The lowest BCUT2D eigenvalue weighted by Crippen LogP contribution is -2.42. The molecule has 0 aliphatic heterocycles. The van der Waals surface area contributed by atoms with Crippen LogP contribution in [0, 0.1) is 5.92 Å². The number of rotatable bonds is 4. The maximum atomic E-state index is 6.16. The highest BCUT2D eigenvalue weighted by Crippen LogP contribution is 2.28. The van der Waals surface area contributed by atoms with E-state index >= 15 is 0 Å². The highest BCUT2D eigenvalue weighted by atomic mass is 15.3. The molecule has 0 radical (unpaired) electrons. The number of nitrogens with zero attached hydrogens (tertiary/aromatic N) is 2. The van der Waals surface area contributed by atoms with E-state index in [1.165, 1.54) is 38.5 Å². The standard InChI is InChI=1S/C13H25N3/c1-10(2)9-16(12-7-8-12)13(14)15-11-5-3-4-6-11/h10-12H,3-9H2,1-2H3,(H2,14,15). The second-order valence-electron chi connectivity index (χ2n) is 5.70. The van der Waals surface area contributed by atoms with Crippen molar-refractivity contribution < 1.29 is 0 Å². The average molecular weight is 223 g/mol. The summed E-state index contributed by atoms with van der Waals surface area (Å²) in [5, 5.41) is 0. The molecule has 2 saturated carbocycles. The molecule has 0 unspecified atom stereocenters. The minimum absolute atomic E-state index is 0.508. The second-order valence-corrected chi connectivity index (χ2v) is 5.70. The molecule has 2 aliphatic carbocycles. The number of guanidine groups is 1. The molecule has 0 atom stereocenters. The molecule has 0 heterocycles. The van der Waals surface area contributed by atoms with Gasteiger partial charge in [0.2, 0.25) is 0 Å². The monoisotopic (exact) mass is 223 g/mol. The maximum absolute atomic E-state index is 6.16. The van der Waals surface area contributed by atoms with E-state index < -0.39 is 0 Å². The number of hydrogen-bond donors (Lipinski definition) is 1. The van der Waals surface area contributed by atoms with E-state index in [0.717, 1.165) is 12.5 Å². The van der Waals surface area contributed by atoms with Crippen molar-refractivity contribution in [1.29, 1.82) is 0 Å². The molecular formula is C13H25N3. The Hall–Kier alpha value is -0.730. The summed E-state index contributed by atoms with van der Waals surface area (Å²) in [5.74, 6) is 1.47. The fourth-order valence-electron chi connectivity index (χ4n) is 2.50. The van der Waals surface area contributed by atoms with Crippen molar-refractivity contribution >= 4 is 5.96 Å². The van der Waals surface area contributed by atoms with E-state index in [1.807, 2.05) is 0 Å². The fraction of sp³-hybridized carbons (Fsp3) is 0.923. The molecule has 3 nitrogen and oxygen atoms in total. The van der Waals surface area contributed by atoms with Gasteiger partial charge in [-0.1, -0.05) is 26.7 Å². The van der Waals surface area contributed by atoms with Crippen molar-refractivity contribution in [1.82, 2.24) is 4.90 Å². The fourth-order valence-corrected chi connectivity index (χ4v) is 2.50. The smallest absolute Gasteiger partial charge is 0.191 e. The minimum atomic E-state index is 0.508. The van der Waals surface area contributed by atoms with Crippen LogP contribution in [0.4, 0.5) is 0 Å². The molecule has 2 fully saturated rings. The first-order valence-electron chi connectivity index (χ1n) is 6.76. The lowest BCUT2D eigenvalue weighted by molar-refractivity contribution is 0.351. The number of nitrogens with two attached hydrogens (primary N) is 1. The van der Waals surface area contributed by atoms with Crippen LogP contribution in [-0.2, 0) is 0 Å². The zero-order chi connectivity index (χ0) is 11.5. The first-order chi connectivity index (χ1) is 7.66. The third-order valence-electron chi connectivity index (χ3n) is 3.48. The molecule has 0 aromatic carbocycles. The minimum Gasteiger partial charge on any atom is -0.370 e. The van der Waals surface area contributed by atoms with E-state index in [1.54, 1.807) is 0 Å². The Morgan fingerprint density at radius 2 is 1.88 bits per heavy atom. The molecule has 0 saturated heterocycles. The van der Waals surface area contributed by atoms with Crippen LogP contribution in [-0.4, -0.2) is 29.5 Å². The molecule has 0 aromatic rings. The van der Waals surface area contributed by atoms with Crippen molar-refractivity contribution in [2.75, 3.05) is 6.54 Å². The van der Waals surface area contributed by atoms with E-state index in [2.05, 4.69) is 18.7 Å². The van der Waals surface area contributed by atoms with Gasteiger partial charge in [-0.15, -0.1) is 0 Å². The molecule has 3 heteroatoms. The summed E-state index contributed by atoms with van der Waals surface area (Å²) in [6.07, 6.45) is 7.73. The molecule has 0 bridgehead atoms. The van der Waals surface area contributed by atoms with Crippen LogP contribution < -0.4 is 5.73 Å². The van der Waals surface area contributed by atoms with Crippen LogP contribution in [0.15, 0.2) is 4.99 Å². The maximum Gasteiger partial charge on any atom is 0.191 e. The van der Waals surface area contributed by atoms with Crippen LogP contribution in [0.5, 0.6) is 0 Å². The summed E-state index contributed by atoms with van der Waals surface area (Å²) in [6, 6.07) is 1.20. The molecule has 0 amide bonds. The van der Waals surface area contributed by atoms with Crippen LogP contribution in [0.3, 0.4) is 0 Å². The van der Waals surface area contributed by atoms with E-state index in [9.17, 15) is 0 Å². The van der Waals surface area contributed by atoms with Crippen molar-refractivity contribution in [3.8, 4) is 0 Å². The molecular weight excluding hydrogens is 198 g/mol. The van der Waals surface area contributed by atoms with Crippen LogP contribution >= 0.6 is 0 Å². The quantitative estimate of drug-likeness (QED) is 0.587. The molecule has 2 rings (SSSR count). The average Bonchev–Trinajstić information content (AvgIpc) is 2.94. The number of hydrogen-bond acceptors (Lipinski definition) is 1. The third kappa shape index (κ3) is 3.13. The highest BCUT2D eigenvalue weighted by Gasteiger charge is 2.31. The van der Waals surface area contributed by atoms with Gasteiger partial charge in [-0.25, -0.2) is 4.99 Å². The molecule has 16 heavy (non-hydrogen) atoms. The summed E-state index contributed by atoms with van der Waals surface area (Å²) in [5.41, 5.74) is 6.16. The zero-order valence-electron chi connectivity index (χ0n) is 10.7. The van der Waals surface area contributed by atoms with Crippen LogP contribution in [0.1, 0.15) is 52.4 Å². The van der Waals surface area contributed by atoms with Crippen LogP contribution in [0.2, 0.25) is 0 Å². The Labute approximate surface area is 99.1 Å². The van der Waals surface area contributed by atoms with Gasteiger partial charge in [-0.2, -0.15) is 0 Å². The van der Waals surface area contributed by atoms with Gasteiger partial charge in [-0.05, 0) is 31.6 Å². The highest BCUT2D eigenvalue weighted by molar-refractivity contribution is 5.79. The first kappa shape index (κ1) is 11.7. The van der Waals surface area contributed by atoms with Crippen molar-refractivity contribution in [3.05, 3.63) is 0 Å². The van der Waals surface area contributed by atoms with Crippen molar-refractivity contribution in [3.63, 3.8) is 0 Å². The Balaban J connectivity index is 1.94. The summed E-state index contributed by atoms with van der Waals surface area (Å²) in [7, 11) is 0. The summed E-state index contributed by atoms with van der Waals surface area (Å²) < 4.78 is 0. The second kappa shape index (κ2) is 5.07. The normalized spacial score (nSPS) is 23.1. The largest absolute Gasteiger partial charge is 0.370 e. The topological polar surface area (TPSA) is 41.6 Å². The molecule has 0 spiro atoms. The third-order valence-corrected chi connectivity index (χ3v) is 3.48. The predicted molar refractivity (Wildman–Crippen MR) is 68.4 cm³/mol. The van der Waals surface area contributed by atoms with Gasteiger partial charge in [-0.3, -0.25) is 0 Å². The molecule has 2 N–H and O–H groups in total. The van der Waals surface area contributed by atoms with E-state index in [4.69, 9.17) is 10.7 Å². The van der Waals surface area contributed by atoms with Crippen LogP contribution in [0.25, 0.3) is 0 Å². The SMILES string of the molecule is CC(C)CN(C(N)=NC1CCCC1)C1CC1. The lowest BCUT2D eigenvalue weighted by atomic mass is 10.2. The van der Waals surface area contributed by atoms with E-state index in [-0.39, 0.29) is 0 Å². The van der Waals surface area contributed by atoms with Crippen molar-refractivity contribution in [2.24, 2.45) is 16.6 Å². The van der Waals surface area contributed by atoms with Gasteiger partial charge in [0.25, 0.3) is 0 Å². The van der Waals surface area contributed by atoms with Gasteiger partial charge in [0.1, 0.15) is 0 Å². The summed E-state index contributed by atoms with van der Waals surface area (Å²) in [6.45, 7) is 5.56. The lowest BCUT2D eigenvalue weighted by Gasteiger charge is -2.26. The molecule has 92 valence electrons. The molecule has 0 aromatic heterocycles. The van der Waals surface area contributed by atoms with Gasteiger partial charge >= 0.3 is 0 Å². The van der Waals surface area contributed by atoms with Crippen molar-refractivity contribution in [2.45, 2.75) is 64.5 Å². The van der Waals surface area contributed by atoms with E-state index in [0.29, 0.717) is 18.0 Å². The summed E-state index contributed by atoms with van der Waals surface area (Å²) in [4.78, 5) is 7.05. The van der Waals surface area contributed by atoms with Gasteiger partial charge in [0.05, 0.1) is 6.04 Å². The Morgan fingerprint density at radius 3 is 2.38 bits per heavy atom. The molecule has 2 aliphatic rings. The Bertz CT molecular complexity index is 250.